The number of hydrogen-bond acceptors (Lipinski definition) is 3. The molecule has 0 fully saturated rings. The highest BCUT2D eigenvalue weighted by atomic mass is 19.4. The quantitative estimate of drug-likeness (QED) is 0.280. The van der Waals surface area contributed by atoms with Gasteiger partial charge >= 0.3 is 6.18 Å². The summed E-state index contributed by atoms with van der Waals surface area (Å²) in [6.07, 6.45) is -3.65. The topological polar surface area (TPSA) is 43.3 Å². The molecule has 0 radical (unpaired) electrons. The number of carbonyl (C=O) groups excluding carboxylic acids is 1. The number of benzene rings is 4. The third-order valence-corrected chi connectivity index (χ3v) is 7.37. The van der Waals surface area contributed by atoms with Crippen LogP contribution in [-0.2, 0) is 25.7 Å². The first-order valence-corrected chi connectivity index (χ1v) is 12.5. The van der Waals surface area contributed by atoms with Crippen LogP contribution in [0.4, 0.5) is 13.2 Å². The van der Waals surface area contributed by atoms with Crippen LogP contribution in [0.1, 0.15) is 38.3 Å². The van der Waals surface area contributed by atoms with Gasteiger partial charge in [0.2, 0.25) is 0 Å². The van der Waals surface area contributed by atoms with Gasteiger partial charge in [0.1, 0.15) is 12.4 Å². The van der Waals surface area contributed by atoms with Crippen LogP contribution in [0.3, 0.4) is 0 Å². The van der Waals surface area contributed by atoms with Gasteiger partial charge in [-0.3, -0.25) is 9.36 Å². The van der Waals surface area contributed by atoms with Crippen molar-refractivity contribution in [3.05, 3.63) is 112 Å². The van der Waals surface area contributed by atoms with Gasteiger partial charge in [0, 0.05) is 23.2 Å². The molecule has 0 bridgehead atoms. The van der Waals surface area contributed by atoms with E-state index >= 15 is 0 Å². The van der Waals surface area contributed by atoms with Crippen LogP contribution in [0.2, 0.25) is 0 Å². The maximum atomic E-state index is 14.0. The second-order valence-electron chi connectivity index (χ2n) is 9.57. The van der Waals surface area contributed by atoms with Gasteiger partial charge in [-0.2, -0.15) is 13.2 Å². The van der Waals surface area contributed by atoms with E-state index in [0.29, 0.717) is 23.4 Å². The first-order chi connectivity index (χ1) is 18.3. The monoisotopic (exact) mass is 514 g/mol. The number of aromatic nitrogens is 1. The zero-order valence-corrected chi connectivity index (χ0v) is 20.7. The Morgan fingerprint density at radius 1 is 0.974 bits per heavy atom. The molecule has 0 saturated heterocycles. The highest BCUT2D eigenvalue weighted by Gasteiger charge is 2.33. The van der Waals surface area contributed by atoms with Crippen molar-refractivity contribution >= 4 is 27.6 Å². The Balaban J connectivity index is 1.38. The van der Waals surface area contributed by atoms with Gasteiger partial charge in [-0.1, -0.05) is 48.5 Å². The van der Waals surface area contributed by atoms with Crippen LogP contribution in [0.5, 0.6) is 5.75 Å². The Bertz CT molecular complexity index is 1700. The van der Waals surface area contributed by atoms with E-state index in [0.717, 1.165) is 52.0 Å². The fourth-order valence-electron chi connectivity index (χ4n) is 5.43. The smallest absolute Gasteiger partial charge is 0.416 e. The Hall–Kier alpha value is -4.10. The van der Waals surface area contributed by atoms with Gasteiger partial charge in [-0.25, -0.2) is 0 Å². The highest BCUT2D eigenvalue weighted by molar-refractivity contribution is 6.11. The molecule has 7 heteroatoms. The summed E-state index contributed by atoms with van der Waals surface area (Å²) in [7, 11) is 0. The number of halogens is 3. The average molecular weight is 515 g/mol. The van der Waals surface area contributed by atoms with Crippen LogP contribution >= 0.6 is 0 Å². The van der Waals surface area contributed by atoms with Crippen molar-refractivity contribution in [3.63, 3.8) is 0 Å². The lowest BCUT2D eigenvalue weighted by atomic mass is 10.0. The maximum Gasteiger partial charge on any atom is 0.416 e. The molecule has 1 aliphatic heterocycles. The molecular weight excluding hydrogens is 489 g/mol. The Morgan fingerprint density at radius 2 is 1.76 bits per heavy atom. The average Bonchev–Trinajstić information content (AvgIpc) is 3.25. The summed E-state index contributed by atoms with van der Waals surface area (Å²) in [6, 6.07) is 23.3. The molecule has 2 heterocycles. The summed E-state index contributed by atoms with van der Waals surface area (Å²) in [5.74, 6) is 0.454. The van der Waals surface area contributed by atoms with Crippen LogP contribution in [0.25, 0.3) is 21.7 Å². The lowest BCUT2D eigenvalue weighted by Gasteiger charge is -2.17. The molecule has 192 valence electrons. The number of nitrogens with one attached hydrogen (secondary N) is 1. The van der Waals surface area contributed by atoms with Gasteiger partial charge in [0.25, 0.3) is 5.91 Å². The van der Waals surface area contributed by atoms with Crippen LogP contribution in [-0.4, -0.2) is 17.0 Å². The van der Waals surface area contributed by atoms with Crippen LogP contribution < -0.4 is 10.1 Å². The van der Waals surface area contributed by atoms with E-state index in [9.17, 15) is 18.0 Å². The van der Waals surface area contributed by atoms with E-state index < -0.39 is 11.7 Å². The zero-order chi connectivity index (χ0) is 26.4. The standard InChI is InChI=1S/C31H25F3N2O2/c1-19-21(8-5-11-27(19)31(32,33)34)18-38-22-12-13-28-26(16-22)24-14-15-35-17-29(24)36(28)30(37)25-10-4-7-20-6-2-3-9-23(20)25/h2-13,16,35H,14-15,17-18H2,1H3. The number of rotatable bonds is 4. The number of hydrogen-bond donors (Lipinski definition) is 1. The van der Waals surface area contributed by atoms with Crippen molar-refractivity contribution in [2.75, 3.05) is 6.54 Å². The molecule has 0 atom stereocenters. The van der Waals surface area contributed by atoms with Crippen molar-refractivity contribution in [3.8, 4) is 5.75 Å². The predicted molar refractivity (Wildman–Crippen MR) is 142 cm³/mol. The molecule has 0 amide bonds. The molecular formula is C31H25F3N2O2. The molecule has 5 aromatic rings. The lowest BCUT2D eigenvalue weighted by molar-refractivity contribution is -0.138. The summed E-state index contributed by atoms with van der Waals surface area (Å²) >= 11 is 0. The summed E-state index contributed by atoms with van der Waals surface area (Å²) in [5, 5.41) is 6.20. The Kier molecular flexibility index (Phi) is 5.95. The minimum Gasteiger partial charge on any atom is -0.489 e. The van der Waals surface area contributed by atoms with Crippen LogP contribution in [0.15, 0.2) is 78.9 Å². The van der Waals surface area contributed by atoms with E-state index in [1.807, 2.05) is 54.6 Å². The van der Waals surface area contributed by atoms with E-state index in [2.05, 4.69) is 5.32 Å². The second kappa shape index (κ2) is 9.33. The van der Waals surface area contributed by atoms with E-state index in [-0.39, 0.29) is 18.1 Å². The highest BCUT2D eigenvalue weighted by Crippen LogP contribution is 2.35. The van der Waals surface area contributed by atoms with Gasteiger partial charge in [-0.15, -0.1) is 0 Å². The van der Waals surface area contributed by atoms with Gasteiger partial charge in [0.15, 0.2) is 0 Å². The molecule has 1 aliphatic rings. The van der Waals surface area contributed by atoms with Crippen molar-refractivity contribution < 1.29 is 22.7 Å². The van der Waals surface area contributed by atoms with Crippen molar-refractivity contribution in [2.45, 2.75) is 32.7 Å². The summed E-state index contributed by atoms with van der Waals surface area (Å²) in [6.45, 7) is 2.84. The second-order valence-corrected chi connectivity index (χ2v) is 9.57. The predicted octanol–water partition coefficient (Wildman–Crippen LogP) is 7.03. The van der Waals surface area contributed by atoms with E-state index in [1.165, 1.54) is 13.0 Å². The summed E-state index contributed by atoms with van der Waals surface area (Å²) in [5.41, 5.74) is 3.43. The fraction of sp³-hybridized carbons (Fsp3) is 0.194. The molecule has 4 aromatic carbocycles. The largest absolute Gasteiger partial charge is 0.489 e. The van der Waals surface area contributed by atoms with Gasteiger partial charge in [0.05, 0.1) is 11.1 Å². The number of ether oxygens (including phenoxy) is 1. The first kappa shape index (κ1) is 24.2. The number of nitrogens with zero attached hydrogens (tertiary/aromatic N) is 1. The molecule has 6 rings (SSSR count). The molecule has 0 aliphatic carbocycles. The van der Waals surface area contributed by atoms with Crippen molar-refractivity contribution in [1.29, 1.82) is 0 Å². The normalized spacial score (nSPS) is 13.6. The van der Waals surface area contributed by atoms with Gasteiger partial charge in [-0.05, 0) is 77.7 Å². The number of alkyl halides is 3. The third-order valence-electron chi connectivity index (χ3n) is 7.37. The van der Waals surface area contributed by atoms with Crippen LogP contribution in [0, 0.1) is 6.92 Å². The van der Waals surface area contributed by atoms with E-state index in [1.54, 1.807) is 16.7 Å². The number of carbonyl (C=O) groups is 1. The summed E-state index contributed by atoms with van der Waals surface area (Å²) < 4.78 is 47.7. The molecule has 4 nitrogen and oxygen atoms in total. The minimum absolute atomic E-state index is 0.0145. The molecule has 0 saturated carbocycles. The third kappa shape index (κ3) is 4.13. The van der Waals surface area contributed by atoms with Crippen molar-refractivity contribution in [1.82, 2.24) is 9.88 Å². The minimum atomic E-state index is -4.41. The lowest BCUT2D eigenvalue weighted by Crippen LogP contribution is -2.27. The SMILES string of the molecule is Cc1c(COc2ccc3c(c2)c2c(n3C(=O)c3cccc4ccccc34)CNCC2)cccc1C(F)(F)F. The zero-order valence-electron chi connectivity index (χ0n) is 20.7. The molecule has 0 unspecified atom stereocenters. The van der Waals surface area contributed by atoms with Crippen molar-refractivity contribution in [2.24, 2.45) is 0 Å². The molecule has 0 spiro atoms. The number of fused-ring (bicyclic) bond motifs is 4. The Labute approximate surface area is 217 Å². The first-order valence-electron chi connectivity index (χ1n) is 12.5. The fourth-order valence-corrected chi connectivity index (χ4v) is 5.43. The van der Waals surface area contributed by atoms with Gasteiger partial charge < -0.3 is 10.1 Å². The molecule has 1 aromatic heterocycles. The molecule has 1 N–H and O–H groups in total. The Morgan fingerprint density at radius 3 is 2.61 bits per heavy atom. The maximum absolute atomic E-state index is 14.0. The molecule has 38 heavy (non-hydrogen) atoms. The summed E-state index contributed by atoms with van der Waals surface area (Å²) in [4.78, 5) is 14.0. The van der Waals surface area contributed by atoms with E-state index in [4.69, 9.17) is 4.74 Å².